The lowest BCUT2D eigenvalue weighted by Crippen LogP contribution is -2.41. The van der Waals surface area contributed by atoms with Gasteiger partial charge in [-0.1, -0.05) is 36.6 Å². The molecule has 1 N–H and O–H groups in total. The van der Waals surface area contributed by atoms with Gasteiger partial charge in [-0.2, -0.15) is 4.91 Å². The third-order valence-corrected chi connectivity index (χ3v) is 4.39. The fourth-order valence-electron chi connectivity index (χ4n) is 3.32. The van der Waals surface area contributed by atoms with Crippen molar-refractivity contribution in [2.24, 2.45) is 5.18 Å². The first-order valence-electron chi connectivity index (χ1n) is 7.35. The van der Waals surface area contributed by atoms with Gasteiger partial charge in [0.15, 0.2) is 0 Å². The number of nitrogens with zero attached hydrogens (tertiary/aromatic N) is 2. The average molecular weight is 276 g/mol. The van der Waals surface area contributed by atoms with Crippen LogP contribution in [0.2, 0.25) is 0 Å². The molecular weight excluding hydrogens is 252 g/mol. The molecule has 0 radical (unpaired) electrons. The standard InChI is InChI=1S/C16H24N2O2/c1-18(2)12-15(13-6-8-14(19)9-7-13)16(17-20)10-4-3-5-11-16/h6-9,15,19H,3-5,10-12H2,1-2H3. The van der Waals surface area contributed by atoms with Crippen molar-refractivity contribution >= 4 is 0 Å². The van der Waals surface area contributed by atoms with Crippen LogP contribution in [-0.4, -0.2) is 36.2 Å². The lowest BCUT2D eigenvalue weighted by atomic mass is 9.70. The Morgan fingerprint density at radius 2 is 1.80 bits per heavy atom. The third-order valence-electron chi connectivity index (χ3n) is 4.39. The third kappa shape index (κ3) is 3.18. The number of benzene rings is 1. The number of hydrogen-bond donors (Lipinski definition) is 1. The van der Waals surface area contributed by atoms with E-state index in [2.05, 4.69) is 10.1 Å². The van der Waals surface area contributed by atoms with E-state index in [1.807, 2.05) is 26.2 Å². The van der Waals surface area contributed by atoms with E-state index in [1.165, 1.54) is 6.42 Å². The molecule has 110 valence electrons. The van der Waals surface area contributed by atoms with Crippen LogP contribution < -0.4 is 0 Å². The summed E-state index contributed by atoms with van der Waals surface area (Å²) in [5.74, 6) is 0.352. The number of nitroso groups, excluding NO2 is 1. The fraction of sp³-hybridized carbons (Fsp3) is 0.625. The Hall–Kier alpha value is -1.42. The molecule has 0 aromatic heterocycles. The van der Waals surface area contributed by atoms with E-state index in [-0.39, 0.29) is 11.7 Å². The maximum Gasteiger partial charge on any atom is 0.115 e. The highest BCUT2D eigenvalue weighted by atomic mass is 16.3. The summed E-state index contributed by atoms with van der Waals surface area (Å²) in [5.41, 5.74) is 0.609. The van der Waals surface area contributed by atoms with E-state index in [4.69, 9.17) is 0 Å². The summed E-state index contributed by atoms with van der Waals surface area (Å²) in [7, 11) is 4.05. The van der Waals surface area contributed by atoms with Crippen molar-refractivity contribution in [2.75, 3.05) is 20.6 Å². The minimum Gasteiger partial charge on any atom is -0.508 e. The van der Waals surface area contributed by atoms with Crippen molar-refractivity contribution in [3.05, 3.63) is 34.7 Å². The lowest BCUT2D eigenvalue weighted by Gasteiger charge is -2.39. The second-order valence-corrected chi connectivity index (χ2v) is 6.16. The van der Waals surface area contributed by atoms with Crippen molar-refractivity contribution in [2.45, 2.75) is 43.6 Å². The Morgan fingerprint density at radius 1 is 1.20 bits per heavy atom. The van der Waals surface area contributed by atoms with Gasteiger partial charge < -0.3 is 10.0 Å². The van der Waals surface area contributed by atoms with Crippen LogP contribution in [0.4, 0.5) is 0 Å². The van der Waals surface area contributed by atoms with Crippen LogP contribution in [0.15, 0.2) is 29.4 Å². The van der Waals surface area contributed by atoms with Gasteiger partial charge >= 0.3 is 0 Å². The first-order valence-corrected chi connectivity index (χ1v) is 7.35. The van der Waals surface area contributed by atoms with Crippen molar-refractivity contribution in [1.82, 2.24) is 4.90 Å². The normalized spacial score (nSPS) is 19.8. The number of likely N-dealkylation sites (N-methyl/N-ethyl adjacent to an activating group) is 1. The van der Waals surface area contributed by atoms with E-state index in [9.17, 15) is 10.0 Å². The summed E-state index contributed by atoms with van der Waals surface area (Å²) in [4.78, 5) is 13.7. The molecule has 4 nitrogen and oxygen atoms in total. The van der Waals surface area contributed by atoms with Gasteiger partial charge in [0.1, 0.15) is 11.3 Å². The van der Waals surface area contributed by atoms with E-state index >= 15 is 0 Å². The number of rotatable bonds is 5. The molecule has 0 aliphatic heterocycles. The Bertz CT molecular complexity index is 436. The maximum atomic E-state index is 11.6. The Balaban J connectivity index is 2.34. The number of phenolic OH excluding ortho intramolecular Hbond substituents is 1. The minimum absolute atomic E-state index is 0.0934. The van der Waals surface area contributed by atoms with E-state index in [0.717, 1.165) is 37.8 Å². The molecule has 1 atom stereocenters. The molecule has 0 amide bonds. The van der Waals surface area contributed by atoms with Crippen molar-refractivity contribution < 1.29 is 5.11 Å². The van der Waals surface area contributed by atoms with E-state index in [0.29, 0.717) is 0 Å². The summed E-state index contributed by atoms with van der Waals surface area (Å²) in [5, 5.41) is 13.0. The molecule has 0 saturated heterocycles. The van der Waals surface area contributed by atoms with Gasteiger partial charge in [0.25, 0.3) is 0 Å². The van der Waals surface area contributed by atoms with Crippen LogP contribution in [0.25, 0.3) is 0 Å². The SMILES string of the molecule is CN(C)CC(c1ccc(O)cc1)C1(N=O)CCCCC1. The molecule has 1 saturated carbocycles. The first-order chi connectivity index (χ1) is 9.57. The van der Waals surface area contributed by atoms with Gasteiger partial charge in [-0.15, -0.1) is 0 Å². The Morgan fingerprint density at radius 3 is 2.30 bits per heavy atom. The van der Waals surface area contributed by atoms with Gasteiger partial charge in [-0.25, -0.2) is 0 Å². The van der Waals surface area contributed by atoms with E-state index in [1.54, 1.807) is 12.1 Å². The van der Waals surface area contributed by atoms with Crippen molar-refractivity contribution in [3.8, 4) is 5.75 Å². The highest BCUT2D eigenvalue weighted by Crippen LogP contribution is 2.43. The average Bonchev–Trinajstić information content (AvgIpc) is 2.46. The smallest absolute Gasteiger partial charge is 0.115 e. The molecule has 1 aliphatic carbocycles. The highest BCUT2D eigenvalue weighted by molar-refractivity contribution is 5.31. The van der Waals surface area contributed by atoms with Crippen LogP contribution in [0, 0.1) is 4.91 Å². The fourth-order valence-corrected chi connectivity index (χ4v) is 3.32. The molecule has 1 fully saturated rings. The van der Waals surface area contributed by atoms with E-state index < -0.39 is 5.54 Å². The summed E-state index contributed by atoms with van der Waals surface area (Å²) >= 11 is 0. The van der Waals surface area contributed by atoms with Crippen molar-refractivity contribution in [3.63, 3.8) is 0 Å². The second-order valence-electron chi connectivity index (χ2n) is 6.16. The molecule has 1 aliphatic rings. The monoisotopic (exact) mass is 276 g/mol. The largest absolute Gasteiger partial charge is 0.508 e. The molecule has 0 heterocycles. The summed E-state index contributed by atoms with van der Waals surface area (Å²) < 4.78 is 0. The molecule has 0 spiro atoms. The zero-order valence-corrected chi connectivity index (χ0v) is 12.4. The second kappa shape index (κ2) is 6.35. The quantitative estimate of drug-likeness (QED) is 0.837. The van der Waals surface area contributed by atoms with Gasteiger partial charge in [-0.3, -0.25) is 0 Å². The van der Waals surface area contributed by atoms with Gasteiger partial charge in [-0.05, 0) is 44.6 Å². The highest BCUT2D eigenvalue weighted by Gasteiger charge is 2.42. The molecule has 0 bridgehead atoms. The number of aromatic hydroxyl groups is 1. The van der Waals surface area contributed by atoms with Crippen LogP contribution in [0.3, 0.4) is 0 Å². The molecule has 1 aromatic rings. The summed E-state index contributed by atoms with van der Waals surface area (Å²) in [6.45, 7) is 0.802. The van der Waals surface area contributed by atoms with Crippen molar-refractivity contribution in [1.29, 1.82) is 0 Å². The zero-order valence-electron chi connectivity index (χ0n) is 12.4. The van der Waals surface area contributed by atoms with Crippen LogP contribution in [0.5, 0.6) is 5.75 Å². The molecule has 2 rings (SSSR count). The Kier molecular flexibility index (Phi) is 4.76. The predicted octanol–water partition coefficient (Wildman–Crippen LogP) is 3.51. The van der Waals surface area contributed by atoms with Gasteiger partial charge in [0.05, 0.1) is 0 Å². The molecule has 1 unspecified atom stereocenters. The van der Waals surface area contributed by atoms with Crippen LogP contribution in [0.1, 0.15) is 43.6 Å². The maximum absolute atomic E-state index is 11.6. The molecule has 1 aromatic carbocycles. The van der Waals surface area contributed by atoms with Crippen LogP contribution >= 0.6 is 0 Å². The molecular formula is C16H24N2O2. The Labute approximate surface area is 120 Å². The van der Waals surface area contributed by atoms with Gasteiger partial charge in [0, 0.05) is 12.5 Å². The number of phenols is 1. The lowest BCUT2D eigenvalue weighted by molar-refractivity contribution is 0.211. The molecule has 4 heteroatoms. The minimum atomic E-state index is -0.487. The summed E-state index contributed by atoms with van der Waals surface area (Å²) in [6.07, 6.45) is 5.09. The van der Waals surface area contributed by atoms with Crippen LogP contribution in [-0.2, 0) is 0 Å². The zero-order chi connectivity index (χ0) is 14.6. The number of hydrogen-bond acceptors (Lipinski definition) is 4. The predicted molar refractivity (Wildman–Crippen MR) is 81.0 cm³/mol. The topological polar surface area (TPSA) is 52.9 Å². The van der Waals surface area contributed by atoms with Gasteiger partial charge in [0.2, 0.25) is 0 Å². The molecule has 20 heavy (non-hydrogen) atoms. The summed E-state index contributed by atoms with van der Waals surface area (Å²) in [6, 6.07) is 7.23. The first kappa shape index (κ1) is 15.0.